The summed E-state index contributed by atoms with van der Waals surface area (Å²) in [6.45, 7) is 1.08. The molecule has 136 valence electrons. The summed E-state index contributed by atoms with van der Waals surface area (Å²) in [6.07, 6.45) is 3.00. The summed E-state index contributed by atoms with van der Waals surface area (Å²) in [5.41, 5.74) is 2.75. The Bertz CT molecular complexity index is 886. The van der Waals surface area contributed by atoms with Crippen LogP contribution < -0.4 is 10.1 Å². The largest absolute Gasteiger partial charge is 0.490 e. The molecule has 1 aliphatic carbocycles. The number of nitrogens with one attached hydrogen (secondary N) is 1. The second-order valence-electron chi connectivity index (χ2n) is 6.90. The summed E-state index contributed by atoms with van der Waals surface area (Å²) >= 11 is 6.16. The third kappa shape index (κ3) is 2.80. The number of esters is 1. The molecule has 0 bridgehead atoms. The van der Waals surface area contributed by atoms with Gasteiger partial charge in [0.2, 0.25) is 0 Å². The highest BCUT2D eigenvalue weighted by atomic mass is 35.5. The molecule has 1 heterocycles. The van der Waals surface area contributed by atoms with Crippen molar-refractivity contribution in [3.05, 3.63) is 57.9 Å². The number of anilines is 1. The molecule has 1 spiro atoms. The van der Waals surface area contributed by atoms with E-state index >= 15 is 0 Å². The fourth-order valence-electron chi connectivity index (χ4n) is 3.98. The van der Waals surface area contributed by atoms with Crippen LogP contribution in [0.2, 0.25) is 5.02 Å². The molecule has 1 unspecified atom stereocenters. The minimum atomic E-state index is -0.705. The summed E-state index contributed by atoms with van der Waals surface area (Å²) in [4.78, 5) is 11.8. The summed E-state index contributed by atoms with van der Waals surface area (Å²) in [5, 5.41) is 4.09. The van der Waals surface area contributed by atoms with Gasteiger partial charge in [-0.2, -0.15) is 0 Å². The van der Waals surface area contributed by atoms with E-state index in [1.54, 1.807) is 0 Å². The molecular formula is C20H19ClFNO3. The van der Waals surface area contributed by atoms with Crippen LogP contribution in [0.25, 0.3) is 0 Å². The molecule has 4 nitrogen and oxygen atoms in total. The van der Waals surface area contributed by atoms with Crippen LogP contribution in [-0.4, -0.2) is 26.2 Å². The van der Waals surface area contributed by atoms with Crippen LogP contribution in [0.3, 0.4) is 0 Å². The average Bonchev–Trinajstić information content (AvgIpc) is 2.81. The van der Waals surface area contributed by atoms with Crippen molar-refractivity contribution in [2.75, 3.05) is 25.6 Å². The molecule has 2 aromatic rings. The fraction of sp³-hybridized carbons (Fsp3) is 0.350. The zero-order valence-corrected chi connectivity index (χ0v) is 15.2. The Hall–Kier alpha value is -2.27. The normalized spacial score (nSPS) is 21.0. The van der Waals surface area contributed by atoms with Crippen molar-refractivity contribution >= 4 is 23.3 Å². The van der Waals surface area contributed by atoms with Gasteiger partial charge in [-0.25, -0.2) is 9.18 Å². The zero-order chi connectivity index (χ0) is 18.3. The number of ether oxygens (including phenoxy) is 2. The topological polar surface area (TPSA) is 47.6 Å². The van der Waals surface area contributed by atoms with E-state index in [-0.39, 0.29) is 11.0 Å². The second-order valence-corrected chi connectivity index (χ2v) is 7.33. The average molecular weight is 376 g/mol. The van der Waals surface area contributed by atoms with Gasteiger partial charge in [-0.05, 0) is 48.6 Å². The van der Waals surface area contributed by atoms with Gasteiger partial charge >= 0.3 is 5.97 Å². The highest BCUT2D eigenvalue weighted by Crippen LogP contribution is 2.42. The molecule has 2 aliphatic rings. The lowest BCUT2D eigenvalue weighted by molar-refractivity contribution is 0.0595. The van der Waals surface area contributed by atoms with E-state index in [0.29, 0.717) is 24.6 Å². The van der Waals surface area contributed by atoms with Crippen LogP contribution >= 0.6 is 11.6 Å². The Balaban J connectivity index is 1.70. The van der Waals surface area contributed by atoms with Crippen molar-refractivity contribution in [2.45, 2.75) is 24.7 Å². The third-order valence-corrected chi connectivity index (χ3v) is 5.57. The molecule has 0 aromatic heterocycles. The molecule has 0 saturated heterocycles. The van der Waals surface area contributed by atoms with E-state index < -0.39 is 11.8 Å². The quantitative estimate of drug-likeness (QED) is 0.753. The lowest BCUT2D eigenvalue weighted by Crippen LogP contribution is -2.41. The van der Waals surface area contributed by atoms with Gasteiger partial charge in [0.15, 0.2) is 0 Å². The molecule has 6 heteroatoms. The SMILES string of the molecule is COC(=O)c1cc2c(cc1F)OCC1(CCCc3cc(Cl)ccc31)CN2. The molecule has 4 rings (SSSR count). The van der Waals surface area contributed by atoms with Crippen LogP contribution in [0.4, 0.5) is 10.1 Å². The van der Waals surface area contributed by atoms with Crippen molar-refractivity contribution in [3.8, 4) is 5.75 Å². The first-order valence-electron chi connectivity index (χ1n) is 8.60. The number of halogens is 2. The fourth-order valence-corrected chi connectivity index (χ4v) is 4.18. The van der Waals surface area contributed by atoms with E-state index in [4.69, 9.17) is 16.3 Å². The van der Waals surface area contributed by atoms with Gasteiger partial charge < -0.3 is 14.8 Å². The minimum Gasteiger partial charge on any atom is -0.490 e. The van der Waals surface area contributed by atoms with Gasteiger partial charge in [0.05, 0.1) is 25.0 Å². The van der Waals surface area contributed by atoms with Crippen molar-refractivity contribution in [3.63, 3.8) is 0 Å². The molecule has 2 aromatic carbocycles. The predicted octanol–water partition coefficient (Wildman–Crippen LogP) is 4.34. The van der Waals surface area contributed by atoms with Gasteiger partial charge in [-0.15, -0.1) is 0 Å². The van der Waals surface area contributed by atoms with Crippen LogP contribution in [0.5, 0.6) is 5.75 Å². The van der Waals surface area contributed by atoms with Gasteiger partial charge in [0, 0.05) is 23.0 Å². The highest BCUT2D eigenvalue weighted by Gasteiger charge is 2.39. The number of rotatable bonds is 1. The molecule has 0 radical (unpaired) electrons. The maximum Gasteiger partial charge on any atom is 0.340 e. The van der Waals surface area contributed by atoms with Gasteiger partial charge in [0.25, 0.3) is 0 Å². The molecule has 0 amide bonds. The number of fused-ring (bicyclic) bond motifs is 3. The van der Waals surface area contributed by atoms with E-state index in [1.165, 1.54) is 30.4 Å². The lowest BCUT2D eigenvalue weighted by atomic mass is 9.70. The lowest BCUT2D eigenvalue weighted by Gasteiger charge is -2.37. The molecule has 1 N–H and O–H groups in total. The van der Waals surface area contributed by atoms with Crippen LogP contribution in [0.15, 0.2) is 30.3 Å². The number of hydrogen-bond acceptors (Lipinski definition) is 4. The van der Waals surface area contributed by atoms with Gasteiger partial charge in [0.1, 0.15) is 11.6 Å². The van der Waals surface area contributed by atoms with E-state index in [2.05, 4.69) is 16.1 Å². The summed E-state index contributed by atoms with van der Waals surface area (Å²) in [7, 11) is 1.23. The molecule has 1 atom stereocenters. The Morgan fingerprint density at radius 2 is 2.19 bits per heavy atom. The van der Waals surface area contributed by atoms with Crippen molar-refractivity contribution in [1.29, 1.82) is 0 Å². The minimum absolute atomic E-state index is 0.103. The molecular weight excluding hydrogens is 357 g/mol. The molecule has 26 heavy (non-hydrogen) atoms. The smallest absolute Gasteiger partial charge is 0.340 e. The number of aryl methyl sites for hydroxylation is 1. The summed E-state index contributed by atoms with van der Waals surface area (Å²) in [5.74, 6) is -0.944. The Morgan fingerprint density at radius 1 is 1.35 bits per heavy atom. The summed E-state index contributed by atoms with van der Waals surface area (Å²) < 4.78 is 24.9. The predicted molar refractivity (Wildman–Crippen MR) is 97.8 cm³/mol. The van der Waals surface area contributed by atoms with Gasteiger partial charge in [-0.1, -0.05) is 17.7 Å². The molecule has 0 fully saturated rings. The van der Waals surface area contributed by atoms with E-state index in [9.17, 15) is 9.18 Å². The number of benzene rings is 2. The number of methoxy groups -OCH3 is 1. The van der Waals surface area contributed by atoms with Crippen molar-refractivity contribution in [1.82, 2.24) is 0 Å². The monoisotopic (exact) mass is 375 g/mol. The molecule has 1 aliphatic heterocycles. The molecule has 0 saturated carbocycles. The first-order chi connectivity index (χ1) is 12.5. The van der Waals surface area contributed by atoms with E-state index in [1.807, 2.05) is 12.1 Å². The first-order valence-corrected chi connectivity index (χ1v) is 8.98. The van der Waals surface area contributed by atoms with Crippen molar-refractivity contribution < 1.29 is 18.7 Å². The Kier molecular flexibility index (Phi) is 4.27. The van der Waals surface area contributed by atoms with Gasteiger partial charge in [-0.3, -0.25) is 0 Å². The highest BCUT2D eigenvalue weighted by molar-refractivity contribution is 6.30. The van der Waals surface area contributed by atoms with Crippen molar-refractivity contribution in [2.24, 2.45) is 0 Å². The number of carbonyl (C=O) groups excluding carboxylic acids is 1. The van der Waals surface area contributed by atoms with Crippen LogP contribution in [-0.2, 0) is 16.6 Å². The first kappa shape index (κ1) is 17.2. The number of hydrogen-bond donors (Lipinski definition) is 1. The maximum atomic E-state index is 14.2. The van der Waals surface area contributed by atoms with E-state index in [0.717, 1.165) is 24.3 Å². The van der Waals surface area contributed by atoms with Crippen LogP contribution in [0, 0.1) is 5.82 Å². The van der Waals surface area contributed by atoms with Crippen LogP contribution in [0.1, 0.15) is 34.3 Å². The third-order valence-electron chi connectivity index (χ3n) is 5.34. The Labute approximate surface area is 156 Å². The Morgan fingerprint density at radius 3 is 3.00 bits per heavy atom. The second kappa shape index (κ2) is 6.47. The standard InChI is InChI=1S/C20H19ClFNO3/c1-25-19(24)14-8-17-18(9-16(14)22)26-11-20(10-23-17)6-2-3-12-7-13(21)4-5-15(12)20/h4-5,7-9,23H,2-3,6,10-11H2,1H3. The zero-order valence-electron chi connectivity index (χ0n) is 14.4. The number of carbonyl (C=O) groups is 1. The summed E-state index contributed by atoms with van der Waals surface area (Å²) in [6, 6.07) is 8.70. The maximum absolute atomic E-state index is 14.2.